The van der Waals surface area contributed by atoms with Crippen LogP contribution in [-0.4, -0.2) is 59.1 Å². The number of piperidine rings is 1. The quantitative estimate of drug-likeness (QED) is 0.664. The molecular weight excluding hydrogens is 384 g/mol. The maximum atomic E-state index is 12.7. The molecule has 1 fully saturated rings. The molecule has 1 aliphatic heterocycles. The molecule has 1 aliphatic rings. The number of nitrogen functional groups attached to an aromatic ring is 1. The van der Waals surface area contributed by atoms with Gasteiger partial charge in [-0.15, -0.1) is 0 Å². The Bertz CT molecular complexity index is 965. The first-order valence-corrected chi connectivity index (χ1v) is 10.1. The molecule has 4 N–H and O–H groups in total. The molecule has 0 radical (unpaired) electrons. The number of hydrogen-bond acceptors (Lipinski definition) is 6. The topological polar surface area (TPSA) is 118 Å². The molecule has 30 heavy (non-hydrogen) atoms. The zero-order chi connectivity index (χ0) is 22.1. The van der Waals surface area contributed by atoms with Crippen molar-refractivity contribution in [3.63, 3.8) is 0 Å². The van der Waals surface area contributed by atoms with Gasteiger partial charge in [0.15, 0.2) is 0 Å². The Morgan fingerprint density at radius 1 is 1.33 bits per heavy atom. The Balaban J connectivity index is 1.76. The number of carbonyl (C=O) groups is 2. The fourth-order valence-electron chi connectivity index (χ4n) is 3.83. The number of amides is 1. The first-order chi connectivity index (χ1) is 14.1. The summed E-state index contributed by atoms with van der Waals surface area (Å²) in [4.78, 5) is 30.9. The Morgan fingerprint density at radius 2 is 2.00 bits per heavy atom. The molecule has 1 amide bonds. The Morgan fingerprint density at radius 3 is 2.63 bits per heavy atom. The zero-order valence-corrected chi connectivity index (χ0v) is 18.0. The first-order valence-electron chi connectivity index (χ1n) is 10.1. The molecular formula is C22H30N4O4. The Hall–Kier alpha value is -2.87. The van der Waals surface area contributed by atoms with E-state index in [0.29, 0.717) is 22.3 Å². The van der Waals surface area contributed by atoms with Crippen molar-refractivity contribution < 1.29 is 19.4 Å². The second-order valence-electron chi connectivity index (χ2n) is 8.68. The zero-order valence-electron chi connectivity index (χ0n) is 18.0. The summed E-state index contributed by atoms with van der Waals surface area (Å²) in [6.07, 6.45) is 1.70. The standard InChI is InChI=1S/C22H30N4O4/c1-13-17(21(28)29)19(23)18-15(24-13)6-5-7-16(18)30-12-22(2,3)25-20(27)14-8-10-26(4)11-9-14/h5-7,14H,8-12H2,1-4H3,(H2,23,24)(H,25,27)(H,28,29). The third kappa shape index (κ3) is 4.64. The highest BCUT2D eigenvalue weighted by atomic mass is 16.5. The van der Waals surface area contributed by atoms with E-state index in [1.165, 1.54) is 0 Å². The average Bonchev–Trinajstić information content (AvgIpc) is 2.66. The summed E-state index contributed by atoms with van der Waals surface area (Å²) in [7, 11) is 2.06. The largest absolute Gasteiger partial charge is 0.490 e. The van der Waals surface area contributed by atoms with Crippen molar-refractivity contribution in [3.8, 4) is 5.75 Å². The van der Waals surface area contributed by atoms with Crippen LogP contribution in [-0.2, 0) is 4.79 Å². The van der Waals surface area contributed by atoms with E-state index in [9.17, 15) is 14.7 Å². The van der Waals surface area contributed by atoms with Crippen LogP contribution in [0.1, 0.15) is 42.7 Å². The van der Waals surface area contributed by atoms with E-state index < -0.39 is 11.5 Å². The van der Waals surface area contributed by atoms with Gasteiger partial charge in [0.2, 0.25) is 5.91 Å². The number of aromatic nitrogens is 1. The molecule has 1 saturated heterocycles. The normalized spacial score (nSPS) is 15.9. The lowest BCUT2D eigenvalue weighted by Crippen LogP contribution is -2.51. The molecule has 2 aromatic rings. The monoisotopic (exact) mass is 414 g/mol. The molecule has 1 aromatic heterocycles. The van der Waals surface area contributed by atoms with Gasteiger partial charge in [-0.3, -0.25) is 9.78 Å². The lowest BCUT2D eigenvalue weighted by Gasteiger charge is -2.32. The van der Waals surface area contributed by atoms with Crippen molar-refractivity contribution >= 4 is 28.5 Å². The van der Waals surface area contributed by atoms with E-state index in [-0.39, 0.29) is 29.7 Å². The van der Waals surface area contributed by atoms with Gasteiger partial charge in [-0.1, -0.05) is 6.07 Å². The highest BCUT2D eigenvalue weighted by molar-refractivity contribution is 6.06. The lowest BCUT2D eigenvalue weighted by atomic mass is 9.94. The Kier molecular flexibility index (Phi) is 6.17. The van der Waals surface area contributed by atoms with Crippen LogP contribution in [0.15, 0.2) is 18.2 Å². The predicted molar refractivity (Wildman–Crippen MR) is 116 cm³/mol. The molecule has 0 bridgehead atoms. The number of aryl methyl sites for hydroxylation is 1. The number of ether oxygens (including phenoxy) is 1. The number of pyridine rings is 1. The number of nitrogens with two attached hydrogens (primary N) is 1. The highest BCUT2D eigenvalue weighted by Gasteiger charge is 2.29. The fraction of sp³-hybridized carbons (Fsp3) is 0.500. The van der Waals surface area contributed by atoms with E-state index in [4.69, 9.17) is 10.5 Å². The number of benzene rings is 1. The van der Waals surface area contributed by atoms with Gasteiger partial charge in [0.25, 0.3) is 0 Å². The summed E-state index contributed by atoms with van der Waals surface area (Å²) in [5.41, 5.74) is 6.61. The van der Waals surface area contributed by atoms with Crippen molar-refractivity contribution in [3.05, 3.63) is 29.5 Å². The molecule has 0 spiro atoms. The predicted octanol–water partition coefficient (Wildman–Crippen LogP) is 2.44. The first kappa shape index (κ1) is 21.8. The number of hydrogen-bond donors (Lipinski definition) is 3. The molecule has 0 aliphatic carbocycles. The number of carboxylic acids is 1. The van der Waals surface area contributed by atoms with Crippen LogP contribution in [0.4, 0.5) is 5.69 Å². The smallest absolute Gasteiger partial charge is 0.339 e. The van der Waals surface area contributed by atoms with E-state index in [1.807, 2.05) is 13.8 Å². The molecule has 0 saturated carbocycles. The second-order valence-corrected chi connectivity index (χ2v) is 8.68. The minimum absolute atomic E-state index is 0.0129. The van der Waals surface area contributed by atoms with Crippen LogP contribution < -0.4 is 15.8 Å². The van der Waals surface area contributed by atoms with E-state index in [2.05, 4.69) is 22.2 Å². The number of carbonyl (C=O) groups excluding carboxylic acids is 1. The maximum absolute atomic E-state index is 12.7. The molecule has 2 heterocycles. The molecule has 1 aromatic carbocycles. The number of aromatic carboxylic acids is 1. The summed E-state index contributed by atoms with van der Waals surface area (Å²) in [5, 5.41) is 13.0. The number of anilines is 1. The molecule has 3 rings (SSSR count). The molecule has 0 unspecified atom stereocenters. The summed E-state index contributed by atoms with van der Waals surface area (Å²) in [5.74, 6) is -0.625. The second kappa shape index (κ2) is 8.47. The van der Waals surface area contributed by atoms with Gasteiger partial charge in [0, 0.05) is 5.92 Å². The van der Waals surface area contributed by atoms with Gasteiger partial charge in [-0.2, -0.15) is 0 Å². The third-order valence-electron chi connectivity index (χ3n) is 5.55. The van der Waals surface area contributed by atoms with Gasteiger partial charge in [0.1, 0.15) is 17.9 Å². The van der Waals surface area contributed by atoms with Crippen molar-refractivity contribution in [1.82, 2.24) is 15.2 Å². The number of nitrogens with one attached hydrogen (secondary N) is 1. The number of fused-ring (bicyclic) bond motifs is 1. The van der Waals surface area contributed by atoms with Crippen LogP contribution in [0.3, 0.4) is 0 Å². The number of carboxylic acid groups (broad SMARTS) is 1. The lowest BCUT2D eigenvalue weighted by molar-refractivity contribution is -0.128. The van der Waals surface area contributed by atoms with E-state index in [1.54, 1.807) is 25.1 Å². The van der Waals surface area contributed by atoms with Crippen molar-refractivity contribution in [1.29, 1.82) is 0 Å². The average molecular weight is 415 g/mol. The van der Waals surface area contributed by atoms with Gasteiger partial charge in [0.05, 0.1) is 27.8 Å². The minimum atomic E-state index is -1.13. The van der Waals surface area contributed by atoms with Crippen molar-refractivity contribution in [2.45, 2.75) is 39.2 Å². The summed E-state index contributed by atoms with van der Waals surface area (Å²) >= 11 is 0. The Labute approximate surface area is 176 Å². The summed E-state index contributed by atoms with van der Waals surface area (Å²) in [6, 6.07) is 5.29. The van der Waals surface area contributed by atoms with Crippen LogP contribution >= 0.6 is 0 Å². The SMILES string of the molecule is Cc1nc2cccc(OCC(C)(C)NC(=O)C3CCN(C)CC3)c2c(N)c1C(=O)O. The molecule has 8 heteroatoms. The van der Waals surface area contributed by atoms with Gasteiger partial charge < -0.3 is 25.8 Å². The van der Waals surface area contributed by atoms with E-state index >= 15 is 0 Å². The molecule has 8 nitrogen and oxygen atoms in total. The van der Waals surface area contributed by atoms with Gasteiger partial charge in [-0.25, -0.2) is 4.79 Å². The van der Waals surface area contributed by atoms with Crippen LogP contribution in [0.25, 0.3) is 10.9 Å². The van der Waals surface area contributed by atoms with Crippen molar-refractivity contribution in [2.75, 3.05) is 32.5 Å². The van der Waals surface area contributed by atoms with Gasteiger partial charge in [-0.05, 0) is 65.9 Å². The number of rotatable bonds is 6. The van der Waals surface area contributed by atoms with Gasteiger partial charge >= 0.3 is 5.97 Å². The summed E-state index contributed by atoms with van der Waals surface area (Å²) < 4.78 is 6.01. The third-order valence-corrected chi connectivity index (χ3v) is 5.55. The van der Waals surface area contributed by atoms with Crippen LogP contribution in [0, 0.1) is 12.8 Å². The minimum Gasteiger partial charge on any atom is -0.490 e. The number of likely N-dealkylation sites (tertiary alicyclic amines) is 1. The molecule has 162 valence electrons. The van der Waals surface area contributed by atoms with Crippen LogP contribution in [0.2, 0.25) is 0 Å². The number of nitrogens with zero attached hydrogens (tertiary/aromatic N) is 2. The molecule has 0 atom stereocenters. The van der Waals surface area contributed by atoms with Crippen LogP contribution in [0.5, 0.6) is 5.75 Å². The van der Waals surface area contributed by atoms with E-state index in [0.717, 1.165) is 25.9 Å². The van der Waals surface area contributed by atoms with Crippen molar-refractivity contribution in [2.24, 2.45) is 5.92 Å². The summed E-state index contributed by atoms with van der Waals surface area (Å²) in [6.45, 7) is 7.47. The maximum Gasteiger partial charge on any atom is 0.339 e. The fourth-order valence-corrected chi connectivity index (χ4v) is 3.83. The highest BCUT2D eigenvalue weighted by Crippen LogP contribution is 2.33.